The van der Waals surface area contributed by atoms with E-state index in [2.05, 4.69) is 6.07 Å². The highest BCUT2D eigenvalue weighted by atomic mass is 32.2. The lowest BCUT2D eigenvalue weighted by Crippen LogP contribution is -2.41. The summed E-state index contributed by atoms with van der Waals surface area (Å²) in [5.41, 5.74) is 0. The van der Waals surface area contributed by atoms with Crippen LogP contribution in [0.3, 0.4) is 0 Å². The van der Waals surface area contributed by atoms with Crippen LogP contribution in [0.5, 0.6) is 0 Å². The third kappa shape index (κ3) is 2.62. The van der Waals surface area contributed by atoms with Crippen LogP contribution in [-0.2, 0) is 10.0 Å². The highest BCUT2D eigenvalue weighted by molar-refractivity contribution is 7.89. The van der Waals surface area contributed by atoms with E-state index in [1.807, 2.05) is 27.7 Å². The first kappa shape index (κ1) is 13.2. The Morgan fingerprint density at radius 1 is 1.12 bits per heavy atom. The number of sulfonamides is 1. The van der Waals surface area contributed by atoms with E-state index < -0.39 is 10.0 Å². The van der Waals surface area contributed by atoms with E-state index in [0.717, 1.165) is 0 Å². The van der Waals surface area contributed by atoms with E-state index in [9.17, 15) is 8.42 Å². The molecule has 0 aliphatic rings. The molecule has 4 heteroatoms. The highest BCUT2D eigenvalue weighted by Crippen LogP contribution is 2.19. The monoisotopic (exact) mass is 240 g/mol. The molecular weight excluding hydrogens is 222 g/mol. The van der Waals surface area contributed by atoms with Crippen molar-refractivity contribution in [3.63, 3.8) is 0 Å². The van der Waals surface area contributed by atoms with Gasteiger partial charge in [0.25, 0.3) is 0 Å². The molecule has 89 valence electrons. The van der Waals surface area contributed by atoms with E-state index in [4.69, 9.17) is 0 Å². The van der Waals surface area contributed by atoms with Gasteiger partial charge in [-0.25, -0.2) is 8.42 Å². The summed E-state index contributed by atoms with van der Waals surface area (Å²) < 4.78 is 26.1. The van der Waals surface area contributed by atoms with Gasteiger partial charge in [0.1, 0.15) is 0 Å². The Morgan fingerprint density at radius 3 is 2.06 bits per heavy atom. The smallest absolute Gasteiger partial charge is 0.207 e. The van der Waals surface area contributed by atoms with Gasteiger partial charge < -0.3 is 0 Å². The Balaban J connectivity index is 3.20. The molecule has 0 saturated carbocycles. The quantitative estimate of drug-likeness (QED) is 0.809. The first-order valence-electron chi connectivity index (χ1n) is 5.37. The van der Waals surface area contributed by atoms with Gasteiger partial charge in [-0.1, -0.05) is 18.2 Å². The second-order valence-electron chi connectivity index (χ2n) is 4.25. The van der Waals surface area contributed by atoms with Crippen molar-refractivity contribution >= 4 is 10.0 Å². The minimum Gasteiger partial charge on any atom is -0.207 e. The van der Waals surface area contributed by atoms with Crippen LogP contribution in [0.1, 0.15) is 27.7 Å². The van der Waals surface area contributed by atoms with Crippen LogP contribution in [0.4, 0.5) is 0 Å². The maximum Gasteiger partial charge on any atom is 0.244 e. The first-order valence-corrected chi connectivity index (χ1v) is 6.81. The van der Waals surface area contributed by atoms with Gasteiger partial charge in [-0.2, -0.15) is 4.31 Å². The average molecular weight is 240 g/mol. The third-order valence-electron chi connectivity index (χ3n) is 2.25. The molecule has 1 radical (unpaired) electrons. The summed E-state index contributed by atoms with van der Waals surface area (Å²) in [6.45, 7) is 7.50. The van der Waals surface area contributed by atoms with Gasteiger partial charge in [-0.05, 0) is 33.8 Å². The van der Waals surface area contributed by atoms with Crippen molar-refractivity contribution in [1.82, 2.24) is 4.31 Å². The summed E-state index contributed by atoms with van der Waals surface area (Å²) in [6, 6.07) is 9.32. The minimum absolute atomic E-state index is 0.0568. The fourth-order valence-corrected chi connectivity index (χ4v) is 3.61. The molecule has 0 atom stereocenters. The lowest BCUT2D eigenvalue weighted by atomic mass is 10.3. The first-order chi connectivity index (χ1) is 7.37. The fourth-order valence-electron chi connectivity index (χ4n) is 1.80. The Kier molecular flexibility index (Phi) is 4.10. The number of hydrogen-bond donors (Lipinski definition) is 0. The van der Waals surface area contributed by atoms with Gasteiger partial charge in [0.15, 0.2) is 0 Å². The van der Waals surface area contributed by atoms with Crippen LogP contribution in [0.25, 0.3) is 0 Å². The highest BCUT2D eigenvalue weighted by Gasteiger charge is 2.29. The Morgan fingerprint density at radius 2 is 1.69 bits per heavy atom. The van der Waals surface area contributed by atoms with Crippen LogP contribution in [0.2, 0.25) is 0 Å². The van der Waals surface area contributed by atoms with Crippen LogP contribution >= 0.6 is 0 Å². The van der Waals surface area contributed by atoms with E-state index in [0.29, 0.717) is 0 Å². The second kappa shape index (κ2) is 4.97. The largest absolute Gasteiger partial charge is 0.244 e. The Hall–Kier alpha value is -0.870. The van der Waals surface area contributed by atoms with E-state index in [1.54, 1.807) is 24.3 Å². The van der Waals surface area contributed by atoms with Crippen LogP contribution in [-0.4, -0.2) is 24.8 Å². The van der Waals surface area contributed by atoms with Gasteiger partial charge in [-0.3, -0.25) is 0 Å². The molecule has 3 nitrogen and oxygen atoms in total. The van der Waals surface area contributed by atoms with Crippen molar-refractivity contribution in [1.29, 1.82) is 0 Å². The van der Waals surface area contributed by atoms with E-state index in [1.165, 1.54) is 4.31 Å². The van der Waals surface area contributed by atoms with Crippen molar-refractivity contribution in [3.8, 4) is 0 Å². The SMILES string of the molecule is CC(C)N(C(C)C)S(=O)(=O)c1[c]cccc1. The Bertz CT molecular complexity index is 416. The zero-order valence-electron chi connectivity index (χ0n) is 10.1. The number of benzene rings is 1. The molecule has 0 bridgehead atoms. The van der Waals surface area contributed by atoms with Gasteiger partial charge in [0, 0.05) is 18.2 Å². The van der Waals surface area contributed by atoms with Gasteiger partial charge >= 0.3 is 0 Å². The molecule has 0 aliphatic carbocycles. The molecule has 0 amide bonds. The number of rotatable bonds is 4. The summed E-state index contributed by atoms with van der Waals surface area (Å²) in [5, 5.41) is 0. The zero-order chi connectivity index (χ0) is 12.3. The molecule has 16 heavy (non-hydrogen) atoms. The molecule has 0 unspecified atom stereocenters. The molecule has 0 fully saturated rings. The van der Waals surface area contributed by atoms with Crippen molar-refractivity contribution in [3.05, 3.63) is 30.3 Å². The Labute approximate surface area is 98.1 Å². The molecule has 1 rings (SSSR count). The molecule has 1 aromatic carbocycles. The van der Waals surface area contributed by atoms with Crippen LogP contribution in [0.15, 0.2) is 29.2 Å². The van der Waals surface area contributed by atoms with Crippen molar-refractivity contribution in [2.24, 2.45) is 0 Å². The molecule has 0 spiro atoms. The average Bonchev–Trinajstić information content (AvgIpc) is 2.17. The molecule has 0 aliphatic heterocycles. The molecule has 0 saturated heterocycles. The van der Waals surface area contributed by atoms with E-state index in [-0.39, 0.29) is 17.0 Å². The number of hydrogen-bond acceptors (Lipinski definition) is 2. The van der Waals surface area contributed by atoms with Crippen LogP contribution in [0, 0.1) is 6.07 Å². The summed E-state index contributed by atoms with van der Waals surface area (Å²) in [6.07, 6.45) is 0. The standard InChI is InChI=1S/C12H18NO2S/c1-10(2)13(11(3)4)16(14,15)12-8-6-5-7-9-12/h5-8,10-11H,1-4H3. The van der Waals surface area contributed by atoms with E-state index >= 15 is 0 Å². The van der Waals surface area contributed by atoms with Crippen molar-refractivity contribution in [2.75, 3.05) is 0 Å². The topological polar surface area (TPSA) is 37.4 Å². The molecule has 0 N–H and O–H groups in total. The maximum absolute atomic E-state index is 12.3. The summed E-state index contributed by atoms with van der Waals surface area (Å²) in [4.78, 5) is 0.234. The molecular formula is C12H18NO2S. The molecule has 0 aromatic heterocycles. The maximum atomic E-state index is 12.3. The second-order valence-corrected chi connectivity index (χ2v) is 6.06. The predicted octanol–water partition coefficient (Wildman–Crippen LogP) is 2.29. The lowest BCUT2D eigenvalue weighted by molar-refractivity contribution is 0.302. The van der Waals surface area contributed by atoms with Gasteiger partial charge in [0.05, 0.1) is 4.90 Å². The third-order valence-corrected chi connectivity index (χ3v) is 4.46. The normalized spacial score (nSPS) is 12.7. The summed E-state index contributed by atoms with van der Waals surface area (Å²) >= 11 is 0. The number of nitrogens with zero attached hydrogens (tertiary/aromatic N) is 1. The summed E-state index contributed by atoms with van der Waals surface area (Å²) in [7, 11) is -3.42. The summed E-state index contributed by atoms with van der Waals surface area (Å²) in [5.74, 6) is 0. The molecule has 1 aromatic rings. The van der Waals surface area contributed by atoms with Gasteiger partial charge in [0.2, 0.25) is 10.0 Å². The molecule has 0 heterocycles. The van der Waals surface area contributed by atoms with Crippen LogP contribution < -0.4 is 0 Å². The predicted molar refractivity (Wildman–Crippen MR) is 64.6 cm³/mol. The minimum atomic E-state index is -3.42. The van der Waals surface area contributed by atoms with Gasteiger partial charge in [-0.15, -0.1) is 0 Å². The lowest BCUT2D eigenvalue weighted by Gasteiger charge is -2.29. The van der Waals surface area contributed by atoms with Crippen molar-refractivity contribution in [2.45, 2.75) is 44.7 Å². The van der Waals surface area contributed by atoms with Crippen molar-refractivity contribution < 1.29 is 8.42 Å². The fraction of sp³-hybridized carbons (Fsp3) is 0.500. The zero-order valence-corrected chi connectivity index (χ0v) is 11.0.